The molecule has 2 bridgehead atoms. The number of carbonyl (C=O) groups is 2. The minimum atomic E-state index is -1.39. The summed E-state index contributed by atoms with van der Waals surface area (Å²) in [5.41, 5.74) is -1.40. The van der Waals surface area contributed by atoms with Gasteiger partial charge in [-0.15, -0.1) is 5.16 Å². The zero-order valence-electron chi connectivity index (χ0n) is 24.0. The number of hydrogen-bond donors (Lipinski definition) is 3. The van der Waals surface area contributed by atoms with Gasteiger partial charge in [0.1, 0.15) is 11.9 Å². The van der Waals surface area contributed by atoms with Crippen molar-refractivity contribution >= 4 is 30.5 Å². The van der Waals surface area contributed by atoms with Crippen LogP contribution in [0.3, 0.4) is 0 Å². The summed E-state index contributed by atoms with van der Waals surface area (Å²) < 4.78 is 31.6. The van der Waals surface area contributed by atoms with Crippen molar-refractivity contribution in [2.24, 2.45) is 33.2 Å². The van der Waals surface area contributed by atoms with Crippen LogP contribution in [0.4, 0.5) is 4.39 Å². The largest absolute Gasteiger partial charge is 0.494 e. The van der Waals surface area contributed by atoms with Gasteiger partial charge in [0.05, 0.1) is 18.9 Å². The number of rotatable bonds is 8. The summed E-state index contributed by atoms with van der Waals surface area (Å²) in [6, 6.07) is 2.97. The molecular formula is C29H41BFNO8. The molecule has 0 saturated heterocycles. The molecule has 1 aromatic carbocycles. The lowest BCUT2D eigenvalue weighted by Gasteiger charge is -2.59. The van der Waals surface area contributed by atoms with E-state index in [1.807, 2.05) is 6.92 Å². The molecule has 0 radical (unpaired) electrons. The molecule has 0 amide bonds. The Balaban J connectivity index is 1.61. The van der Waals surface area contributed by atoms with E-state index in [0.29, 0.717) is 24.8 Å². The van der Waals surface area contributed by atoms with Crippen LogP contribution in [0, 0.1) is 33.9 Å². The molecule has 7 atom stereocenters. The fourth-order valence-electron chi connectivity index (χ4n) is 7.34. The average molecular weight is 561 g/mol. The third-order valence-electron chi connectivity index (χ3n) is 10.2. The molecule has 40 heavy (non-hydrogen) atoms. The van der Waals surface area contributed by atoms with Crippen LogP contribution in [-0.4, -0.2) is 59.2 Å². The van der Waals surface area contributed by atoms with Crippen molar-refractivity contribution < 1.29 is 43.4 Å². The number of esters is 1. The second-order valence-electron chi connectivity index (χ2n) is 12.8. The zero-order valence-corrected chi connectivity index (χ0v) is 24.0. The Labute approximate surface area is 235 Å². The maximum absolute atomic E-state index is 14.9. The maximum atomic E-state index is 14.9. The van der Waals surface area contributed by atoms with Gasteiger partial charge in [0.15, 0.2) is 18.2 Å². The van der Waals surface area contributed by atoms with Gasteiger partial charge in [-0.3, -0.25) is 0 Å². The Morgan fingerprint density at radius 1 is 1.30 bits per heavy atom. The molecule has 2 aliphatic carbocycles. The van der Waals surface area contributed by atoms with E-state index in [-0.39, 0.29) is 47.3 Å². The predicted octanol–water partition coefficient (Wildman–Crippen LogP) is 3.38. The van der Waals surface area contributed by atoms with Crippen LogP contribution in [0.5, 0.6) is 5.75 Å². The van der Waals surface area contributed by atoms with Gasteiger partial charge in [0, 0.05) is 22.7 Å². The Kier molecular flexibility index (Phi) is 8.69. The number of Topliss-reactive ketones (excluding diaryl/α,β-unsaturated/α-hetero) is 1. The molecule has 1 aromatic rings. The first kappa shape index (κ1) is 30.5. The average Bonchev–Trinajstić information content (AvgIpc) is 3.28. The molecule has 220 valence electrons. The third-order valence-corrected chi connectivity index (χ3v) is 10.2. The van der Waals surface area contributed by atoms with Crippen LogP contribution in [0.2, 0.25) is 0 Å². The summed E-state index contributed by atoms with van der Waals surface area (Å²) in [7, 11) is -1.39. The fourth-order valence-corrected chi connectivity index (χ4v) is 7.34. The zero-order chi connectivity index (χ0) is 29.5. The monoisotopic (exact) mass is 561 g/mol. The van der Waals surface area contributed by atoms with Crippen molar-refractivity contribution in [2.75, 3.05) is 6.61 Å². The molecular weight excluding hydrogens is 520 g/mol. The molecule has 3 N–H and O–H groups in total. The molecule has 3 aliphatic rings. The predicted molar refractivity (Wildman–Crippen MR) is 146 cm³/mol. The number of ether oxygens (including phenoxy) is 2. The third kappa shape index (κ3) is 5.52. The Morgan fingerprint density at radius 2 is 2.02 bits per heavy atom. The molecule has 2 fully saturated rings. The lowest BCUT2D eigenvalue weighted by Crippen LogP contribution is -2.59. The van der Waals surface area contributed by atoms with E-state index in [2.05, 4.69) is 19.0 Å². The van der Waals surface area contributed by atoms with Gasteiger partial charge >= 0.3 is 13.1 Å². The highest BCUT2D eigenvalue weighted by molar-refractivity contribution is 6.61. The van der Waals surface area contributed by atoms with Gasteiger partial charge < -0.3 is 34.3 Å². The molecule has 0 aromatic heterocycles. The second-order valence-corrected chi connectivity index (χ2v) is 12.8. The number of aliphatic hydroxyl groups excluding tert-OH is 1. The summed E-state index contributed by atoms with van der Waals surface area (Å²) in [5, 5.41) is 34.3. The quantitative estimate of drug-likeness (QED) is 0.145. The van der Waals surface area contributed by atoms with Crippen LogP contribution in [0.25, 0.3) is 0 Å². The normalized spacial score (nSPS) is 35.6. The number of carbonyl (C=O) groups excluding carboxylic acids is 2. The molecule has 11 heteroatoms. The van der Waals surface area contributed by atoms with Gasteiger partial charge in [-0.05, 0) is 67.9 Å². The van der Waals surface area contributed by atoms with E-state index < -0.39 is 48.5 Å². The van der Waals surface area contributed by atoms with Gasteiger partial charge in [0.25, 0.3) is 0 Å². The maximum Gasteiger partial charge on any atom is 0.494 e. The van der Waals surface area contributed by atoms with E-state index in [9.17, 15) is 29.3 Å². The smallest absolute Gasteiger partial charge is 0.479 e. The van der Waals surface area contributed by atoms with Crippen molar-refractivity contribution in [3.63, 3.8) is 0 Å². The van der Waals surface area contributed by atoms with Crippen LogP contribution < -0.4 is 10.2 Å². The van der Waals surface area contributed by atoms with Gasteiger partial charge in [-0.2, -0.15) is 0 Å². The first-order chi connectivity index (χ1) is 18.8. The van der Waals surface area contributed by atoms with Crippen LogP contribution in [0.1, 0.15) is 78.7 Å². The Morgan fingerprint density at radius 3 is 2.70 bits per heavy atom. The number of oxime groups is 1. The van der Waals surface area contributed by atoms with Crippen molar-refractivity contribution in [1.82, 2.24) is 0 Å². The topological polar surface area (TPSA) is 135 Å². The molecule has 0 unspecified atom stereocenters. The molecule has 1 heterocycles. The number of benzene rings is 1. The number of halogens is 1. The highest BCUT2D eigenvalue weighted by atomic mass is 19.1. The van der Waals surface area contributed by atoms with Crippen molar-refractivity contribution in [1.29, 1.82) is 0 Å². The highest BCUT2D eigenvalue weighted by Gasteiger charge is 2.59. The van der Waals surface area contributed by atoms with Crippen LogP contribution >= 0.6 is 0 Å². The summed E-state index contributed by atoms with van der Waals surface area (Å²) in [6.45, 7) is 9.08. The SMILES string of the molecule is CC(=O)CC[C@]12CC[C@@H](C)[C@](C)(C1)[C@H](OC(=O)COc1ccc3c(c1F)B(O)OC3)C[C@@](C)(/C=N\O)[C@@H](O)[C@@H]2C. The lowest BCUT2D eigenvalue weighted by atomic mass is 9.47. The summed E-state index contributed by atoms with van der Waals surface area (Å²) in [4.78, 5) is 25.2. The standard InChI is InChI=1S/C29H41BFNO8/c1-17-8-10-29(11-9-18(2)33)15-28(17,5)22(12-27(4,16-32-37)26(35)19(29)3)40-23(34)14-38-21-7-6-20-13-39-30(36)24(20)25(21)31/h6-7,16-17,19,22,26,35-37H,8-15H2,1-5H3/b32-16-/t17-,19+,22-,26+,27+,28+,29-/m1/s1. The fraction of sp³-hybridized carbons (Fsp3) is 0.690. The molecule has 9 nitrogen and oxygen atoms in total. The van der Waals surface area contributed by atoms with E-state index in [1.54, 1.807) is 19.9 Å². The number of hydrogen-bond acceptors (Lipinski definition) is 9. The molecule has 0 spiro atoms. The first-order valence-electron chi connectivity index (χ1n) is 14.1. The van der Waals surface area contributed by atoms with Gasteiger partial charge in [0.2, 0.25) is 0 Å². The summed E-state index contributed by atoms with van der Waals surface area (Å²) >= 11 is 0. The van der Waals surface area contributed by atoms with E-state index in [1.165, 1.54) is 12.3 Å². The van der Waals surface area contributed by atoms with Gasteiger partial charge in [-0.1, -0.05) is 33.8 Å². The van der Waals surface area contributed by atoms with Crippen molar-refractivity contribution in [3.05, 3.63) is 23.5 Å². The lowest BCUT2D eigenvalue weighted by molar-refractivity contribution is -0.188. The van der Waals surface area contributed by atoms with Crippen molar-refractivity contribution in [2.45, 2.75) is 92.0 Å². The molecule has 1 aliphatic heterocycles. The summed E-state index contributed by atoms with van der Waals surface area (Å²) in [5.74, 6) is -1.65. The minimum Gasteiger partial charge on any atom is -0.479 e. The van der Waals surface area contributed by atoms with Gasteiger partial charge in [-0.25, -0.2) is 9.18 Å². The number of ketones is 1. The van der Waals surface area contributed by atoms with Crippen LogP contribution in [0.15, 0.2) is 17.3 Å². The number of nitrogens with zero attached hydrogens (tertiary/aromatic N) is 1. The van der Waals surface area contributed by atoms with E-state index >= 15 is 0 Å². The second kappa shape index (κ2) is 11.4. The number of fused-ring (bicyclic) bond motifs is 3. The Bertz CT molecular complexity index is 1170. The van der Waals surface area contributed by atoms with E-state index in [4.69, 9.17) is 14.1 Å². The molecule has 4 rings (SSSR count). The summed E-state index contributed by atoms with van der Waals surface area (Å²) in [6.07, 6.45) is 3.21. The first-order valence-corrected chi connectivity index (χ1v) is 14.1. The van der Waals surface area contributed by atoms with E-state index in [0.717, 1.165) is 12.8 Å². The minimum absolute atomic E-state index is 0.00140. The van der Waals surface area contributed by atoms with Crippen LogP contribution in [-0.2, 0) is 25.6 Å². The number of aliphatic hydroxyl groups is 1. The van der Waals surface area contributed by atoms with Crippen molar-refractivity contribution in [3.8, 4) is 5.75 Å². The Hall–Kier alpha value is -2.50. The molecule has 2 saturated carbocycles. The highest BCUT2D eigenvalue weighted by Crippen LogP contribution is 2.61.